The number of rotatable bonds is 9. The number of halogens is 1. The first-order chi connectivity index (χ1) is 17.4. The van der Waals surface area contributed by atoms with E-state index in [1.807, 2.05) is 56.3 Å². The topological polar surface area (TPSA) is 98.0 Å². The summed E-state index contributed by atoms with van der Waals surface area (Å²) in [6.07, 6.45) is 1.23. The molecule has 4 rings (SSSR count). The minimum Gasteiger partial charge on any atom is -0.497 e. The molecule has 1 fully saturated rings. The molecule has 1 aliphatic rings. The van der Waals surface area contributed by atoms with Crippen LogP contribution in [0.5, 0.6) is 11.5 Å². The molecule has 0 radical (unpaired) electrons. The zero-order chi connectivity index (χ0) is 25.7. The number of carbonyl (C=O) groups excluding carboxylic acids is 1. The Kier molecular flexibility index (Phi) is 10.0. The third-order valence-corrected chi connectivity index (χ3v) is 6.72. The van der Waals surface area contributed by atoms with Crippen LogP contribution in [0.4, 0.5) is 4.79 Å². The number of hydrogen-bond acceptors (Lipinski definition) is 6. The van der Waals surface area contributed by atoms with Gasteiger partial charge in [0.15, 0.2) is 0 Å². The lowest BCUT2D eigenvalue weighted by molar-refractivity contribution is 0.0552. The number of aromatic nitrogens is 2. The second kappa shape index (κ2) is 13.0. The van der Waals surface area contributed by atoms with E-state index in [2.05, 4.69) is 10.2 Å². The van der Waals surface area contributed by atoms with Crippen LogP contribution in [0.3, 0.4) is 0 Å². The van der Waals surface area contributed by atoms with Gasteiger partial charge < -0.3 is 24.8 Å². The Morgan fingerprint density at radius 3 is 2.30 bits per heavy atom. The van der Waals surface area contributed by atoms with Crippen molar-refractivity contribution in [1.29, 1.82) is 0 Å². The first-order valence-electron chi connectivity index (χ1n) is 12.5. The molecule has 3 aromatic rings. The van der Waals surface area contributed by atoms with Gasteiger partial charge in [0.2, 0.25) is 0 Å². The van der Waals surface area contributed by atoms with Gasteiger partial charge in [0.25, 0.3) is 0 Å². The highest BCUT2D eigenvalue weighted by Crippen LogP contribution is 2.20. The predicted molar refractivity (Wildman–Crippen MR) is 146 cm³/mol. The third-order valence-electron chi connectivity index (χ3n) is 6.72. The van der Waals surface area contributed by atoms with Gasteiger partial charge in [0.1, 0.15) is 24.2 Å². The minimum absolute atomic E-state index is 0. The van der Waals surface area contributed by atoms with Crippen molar-refractivity contribution < 1.29 is 19.4 Å². The summed E-state index contributed by atoms with van der Waals surface area (Å²) in [5.41, 5.74) is 1.06. The Morgan fingerprint density at radius 1 is 1.05 bits per heavy atom. The normalized spacial score (nSPS) is 15.4. The molecule has 37 heavy (non-hydrogen) atoms. The van der Waals surface area contributed by atoms with Crippen LogP contribution in [0, 0.1) is 5.92 Å². The SMILES string of the molecule is COc1ccc(OCC(O)CN2CCC(CNC(=O)n3c(=O)n(C(C)C)c4ccccc43)CC2)cc1.Cl. The number of methoxy groups -OCH3 is 1. The van der Waals surface area contributed by atoms with Crippen LogP contribution in [0.1, 0.15) is 32.7 Å². The highest BCUT2D eigenvalue weighted by Gasteiger charge is 2.24. The first-order valence-corrected chi connectivity index (χ1v) is 12.5. The molecule has 202 valence electrons. The number of β-amino-alcohol motifs (C(OH)–C–C–N with tert-alkyl or cyclic N) is 1. The van der Waals surface area contributed by atoms with Crippen molar-refractivity contribution in [2.75, 3.05) is 39.9 Å². The summed E-state index contributed by atoms with van der Waals surface area (Å²) in [7, 11) is 1.62. The molecule has 1 aliphatic heterocycles. The van der Waals surface area contributed by atoms with E-state index >= 15 is 0 Å². The van der Waals surface area contributed by atoms with Gasteiger partial charge in [0.05, 0.1) is 18.1 Å². The molecular weight excluding hydrogens is 496 g/mol. The fourth-order valence-corrected chi connectivity index (χ4v) is 4.77. The molecule has 2 N–H and O–H groups in total. The number of nitrogens with zero attached hydrogens (tertiary/aromatic N) is 3. The van der Waals surface area contributed by atoms with Crippen LogP contribution in [0.2, 0.25) is 0 Å². The number of nitrogens with one attached hydrogen (secondary N) is 1. The Morgan fingerprint density at radius 2 is 1.68 bits per heavy atom. The van der Waals surface area contributed by atoms with E-state index in [9.17, 15) is 14.7 Å². The van der Waals surface area contributed by atoms with Crippen molar-refractivity contribution in [1.82, 2.24) is 19.4 Å². The number of para-hydroxylation sites is 2. The monoisotopic (exact) mass is 532 g/mol. The number of benzene rings is 2. The molecule has 0 spiro atoms. The molecule has 0 saturated carbocycles. The van der Waals surface area contributed by atoms with Crippen LogP contribution in [-0.2, 0) is 0 Å². The number of fused-ring (bicyclic) bond motifs is 1. The Bertz CT molecular complexity index is 1220. The van der Waals surface area contributed by atoms with Crippen molar-refractivity contribution in [2.45, 2.75) is 38.8 Å². The number of ether oxygens (including phenoxy) is 2. The van der Waals surface area contributed by atoms with Crippen LogP contribution < -0.4 is 20.5 Å². The highest BCUT2D eigenvalue weighted by atomic mass is 35.5. The van der Waals surface area contributed by atoms with Gasteiger partial charge in [-0.3, -0.25) is 4.57 Å². The Labute approximate surface area is 223 Å². The molecule has 10 heteroatoms. The summed E-state index contributed by atoms with van der Waals surface area (Å²) >= 11 is 0. The summed E-state index contributed by atoms with van der Waals surface area (Å²) in [4.78, 5) is 28.1. The third kappa shape index (κ3) is 6.85. The number of aliphatic hydroxyl groups is 1. The highest BCUT2D eigenvalue weighted by molar-refractivity contribution is 5.89. The van der Waals surface area contributed by atoms with Crippen molar-refractivity contribution >= 4 is 29.5 Å². The molecule has 1 amide bonds. The molecule has 1 saturated heterocycles. The molecule has 1 unspecified atom stereocenters. The smallest absolute Gasteiger partial charge is 0.337 e. The summed E-state index contributed by atoms with van der Waals surface area (Å²) < 4.78 is 13.7. The zero-order valence-electron chi connectivity index (χ0n) is 21.6. The number of likely N-dealkylation sites (tertiary alicyclic amines) is 1. The van der Waals surface area contributed by atoms with Crippen LogP contribution in [0.15, 0.2) is 53.3 Å². The summed E-state index contributed by atoms with van der Waals surface area (Å²) in [6, 6.07) is 14.2. The fraction of sp³-hybridized carbons (Fsp3) is 0.481. The van der Waals surface area contributed by atoms with Gasteiger partial charge in [0, 0.05) is 19.1 Å². The van der Waals surface area contributed by atoms with E-state index in [1.165, 1.54) is 4.57 Å². The lowest BCUT2D eigenvalue weighted by Crippen LogP contribution is -2.44. The number of carbonyl (C=O) groups is 1. The predicted octanol–water partition coefficient (Wildman–Crippen LogP) is 3.52. The van der Waals surface area contributed by atoms with E-state index in [-0.39, 0.29) is 36.8 Å². The zero-order valence-corrected chi connectivity index (χ0v) is 22.4. The summed E-state index contributed by atoms with van der Waals surface area (Å²) in [5.74, 6) is 1.78. The van der Waals surface area contributed by atoms with E-state index in [4.69, 9.17) is 9.47 Å². The van der Waals surface area contributed by atoms with Crippen LogP contribution in [-0.4, -0.2) is 71.2 Å². The Hall–Kier alpha value is -3.01. The van der Waals surface area contributed by atoms with Crippen molar-refractivity contribution in [3.05, 3.63) is 59.0 Å². The van der Waals surface area contributed by atoms with E-state index in [0.717, 1.165) is 37.2 Å². The maximum absolute atomic E-state index is 13.0. The number of amides is 1. The minimum atomic E-state index is -0.589. The van der Waals surface area contributed by atoms with Crippen molar-refractivity contribution in [3.8, 4) is 11.5 Å². The van der Waals surface area contributed by atoms with Crippen LogP contribution >= 0.6 is 12.4 Å². The van der Waals surface area contributed by atoms with Crippen LogP contribution in [0.25, 0.3) is 11.0 Å². The van der Waals surface area contributed by atoms with Crippen molar-refractivity contribution in [2.24, 2.45) is 5.92 Å². The number of piperidine rings is 1. The molecule has 2 heterocycles. The first kappa shape index (κ1) is 28.6. The number of aliphatic hydroxyl groups excluding tert-OH is 1. The molecule has 0 bridgehead atoms. The average Bonchev–Trinajstić information content (AvgIpc) is 3.19. The number of imidazole rings is 1. The maximum Gasteiger partial charge on any atom is 0.337 e. The molecule has 9 nitrogen and oxygen atoms in total. The second-order valence-electron chi connectivity index (χ2n) is 9.64. The van der Waals surface area contributed by atoms with Gasteiger partial charge in [-0.2, -0.15) is 0 Å². The van der Waals surface area contributed by atoms with E-state index in [1.54, 1.807) is 17.7 Å². The van der Waals surface area contributed by atoms with E-state index < -0.39 is 6.10 Å². The average molecular weight is 533 g/mol. The molecule has 1 atom stereocenters. The van der Waals surface area contributed by atoms with Gasteiger partial charge in [-0.05, 0) is 82.1 Å². The molecule has 2 aromatic carbocycles. The molecule has 0 aliphatic carbocycles. The summed E-state index contributed by atoms with van der Waals surface area (Å²) in [6.45, 7) is 6.83. The molecule has 1 aromatic heterocycles. The van der Waals surface area contributed by atoms with Crippen molar-refractivity contribution in [3.63, 3.8) is 0 Å². The summed E-state index contributed by atoms with van der Waals surface area (Å²) in [5, 5.41) is 13.4. The van der Waals surface area contributed by atoms with Gasteiger partial charge >= 0.3 is 11.7 Å². The van der Waals surface area contributed by atoms with E-state index in [0.29, 0.717) is 30.3 Å². The molecular formula is C27H37ClN4O5. The fourth-order valence-electron chi connectivity index (χ4n) is 4.77. The maximum atomic E-state index is 13.0. The van der Waals surface area contributed by atoms with Gasteiger partial charge in [-0.15, -0.1) is 12.4 Å². The lowest BCUT2D eigenvalue weighted by Gasteiger charge is -2.33. The lowest BCUT2D eigenvalue weighted by atomic mass is 9.96. The second-order valence-corrected chi connectivity index (χ2v) is 9.64. The van der Waals surface area contributed by atoms with Gasteiger partial charge in [-0.25, -0.2) is 14.2 Å². The van der Waals surface area contributed by atoms with Gasteiger partial charge in [-0.1, -0.05) is 12.1 Å². The standard InChI is InChI=1S/C27H36N4O5.ClH/c1-19(2)30-24-6-4-5-7-25(24)31(27(30)34)26(33)28-16-20-12-14-29(15-13-20)17-21(32)18-36-23-10-8-22(35-3)9-11-23;/h4-11,19-21,32H,12-18H2,1-3H3,(H,28,33);1H. The largest absolute Gasteiger partial charge is 0.497 e. The Balaban J connectivity index is 0.00000380. The number of hydrogen-bond donors (Lipinski definition) is 2. The quantitative estimate of drug-likeness (QED) is 0.437.